The van der Waals surface area contributed by atoms with E-state index in [-0.39, 0.29) is 5.78 Å². The summed E-state index contributed by atoms with van der Waals surface area (Å²) in [5.74, 6) is -0.282. The van der Waals surface area contributed by atoms with E-state index in [9.17, 15) is 4.79 Å². The molecule has 0 amide bonds. The van der Waals surface area contributed by atoms with Gasteiger partial charge in [0.15, 0.2) is 0 Å². The second kappa shape index (κ2) is 3.67. The number of rotatable bonds is 2. The van der Waals surface area contributed by atoms with Gasteiger partial charge in [0.05, 0.1) is 0 Å². The Kier molecular flexibility index (Phi) is 2.58. The molecule has 0 spiro atoms. The van der Waals surface area contributed by atoms with Gasteiger partial charge in [-0.3, -0.25) is 4.79 Å². The quantitative estimate of drug-likeness (QED) is 0.312. The van der Waals surface area contributed by atoms with E-state index in [0.29, 0.717) is 5.56 Å². The predicted molar refractivity (Wildman–Crippen MR) is 45.8 cm³/mol. The first-order chi connectivity index (χ1) is 5.75. The Morgan fingerprint density at radius 3 is 2.75 bits per heavy atom. The molecule has 12 heavy (non-hydrogen) atoms. The molecule has 62 valence electrons. The lowest BCUT2D eigenvalue weighted by Gasteiger charge is -1.98. The number of aryl methyl sites for hydroxylation is 1. The van der Waals surface area contributed by atoms with Crippen molar-refractivity contribution in [2.24, 2.45) is 5.16 Å². The summed E-state index contributed by atoms with van der Waals surface area (Å²) in [5, 5.41) is 10.8. The van der Waals surface area contributed by atoms with Gasteiger partial charge in [0, 0.05) is 5.56 Å². The Morgan fingerprint density at radius 2 is 2.17 bits per heavy atom. The number of oxime groups is 1. The van der Waals surface area contributed by atoms with Crippen molar-refractivity contribution in [3.05, 3.63) is 35.4 Å². The molecular formula is C9H9NO2. The molecule has 0 saturated carbocycles. The van der Waals surface area contributed by atoms with Gasteiger partial charge in [0.1, 0.15) is 6.21 Å². The molecule has 0 atom stereocenters. The molecule has 1 aromatic rings. The standard InChI is InChI=1S/C9H9NO2/c1-7-4-2-3-5-8(7)9(11)6-10-12/h2-6,12H,1H3/b10-6+. The topological polar surface area (TPSA) is 49.7 Å². The minimum absolute atomic E-state index is 0.282. The molecule has 0 fully saturated rings. The van der Waals surface area contributed by atoms with Crippen LogP contribution in [0.5, 0.6) is 0 Å². The summed E-state index contributed by atoms with van der Waals surface area (Å²) in [5.41, 5.74) is 1.44. The molecule has 3 heteroatoms. The molecule has 0 saturated heterocycles. The van der Waals surface area contributed by atoms with Gasteiger partial charge < -0.3 is 5.21 Å². The molecule has 0 bridgehead atoms. The molecule has 1 rings (SSSR count). The zero-order valence-corrected chi connectivity index (χ0v) is 6.69. The molecule has 3 nitrogen and oxygen atoms in total. The highest BCUT2D eigenvalue weighted by Gasteiger charge is 2.04. The second-order valence-corrected chi connectivity index (χ2v) is 2.42. The van der Waals surface area contributed by atoms with Crippen molar-refractivity contribution in [1.29, 1.82) is 0 Å². The first-order valence-corrected chi connectivity index (χ1v) is 3.53. The van der Waals surface area contributed by atoms with Crippen LogP contribution in [-0.2, 0) is 0 Å². The largest absolute Gasteiger partial charge is 0.411 e. The minimum Gasteiger partial charge on any atom is -0.411 e. The SMILES string of the molecule is Cc1ccccc1C(=O)/C=N/O. The Hall–Kier alpha value is -1.64. The summed E-state index contributed by atoms with van der Waals surface area (Å²) in [6.45, 7) is 1.83. The number of hydrogen-bond acceptors (Lipinski definition) is 3. The lowest BCUT2D eigenvalue weighted by atomic mass is 10.1. The van der Waals surface area contributed by atoms with Gasteiger partial charge in [-0.25, -0.2) is 0 Å². The second-order valence-electron chi connectivity index (χ2n) is 2.42. The van der Waals surface area contributed by atoms with Gasteiger partial charge in [-0.05, 0) is 12.5 Å². The summed E-state index contributed by atoms with van der Waals surface area (Å²) in [4.78, 5) is 11.2. The molecule has 0 aromatic heterocycles. The van der Waals surface area contributed by atoms with Gasteiger partial charge in [-0.1, -0.05) is 29.4 Å². The van der Waals surface area contributed by atoms with Crippen LogP contribution in [0.1, 0.15) is 15.9 Å². The molecule has 1 aromatic carbocycles. The fourth-order valence-corrected chi connectivity index (χ4v) is 0.971. The van der Waals surface area contributed by atoms with E-state index in [1.165, 1.54) is 0 Å². The van der Waals surface area contributed by atoms with Crippen molar-refractivity contribution in [2.75, 3.05) is 0 Å². The number of hydrogen-bond donors (Lipinski definition) is 1. The normalized spacial score (nSPS) is 10.4. The first-order valence-electron chi connectivity index (χ1n) is 3.53. The maximum atomic E-state index is 11.2. The van der Waals surface area contributed by atoms with E-state index in [1.54, 1.807) is 12.1 Å². The molecule has 0 aliphatic carbocycles. The highest BCUT2D eigenvalue weighted by molar-refractivity contribution is 6.35. The van der Waals surface area contributed by atoms with E-state index >= 15 is 0 Å². The zero-order chi connectivity index (χ0) is 8.97. The number of carbonyl (C=O) groups is 1. The van der Waals surface area contributed by atoms with Crippen molar-refractivity contribution in [3.8, 4) is 0 Å². The molecular weight excluding hydrogens is 154 g/mol. The van der Waals surface area contributed by atoms with Crippen LogP contribution in [0.15, 0.2) is 29.4 Å². The Bertz CT molecular complexity index is 318. The number of ketones is 1. The minimum atomic E-state index is -0.282. The van der Waals surface area contributed by atoms with Crippen molar-refractivity contribution in [2.45, 2.75) is 6.92 Å². The lowest BCUT2D eigenvalue weighted by Crippen LogP contribution is -2.02. The average Bonchev–Trinajstić information content (AvgIpc) is 2.05. The van der Waals surface area contributed by atoms with Crippen LogP contribution < -0.4 is 0 Å². The van der Waals surface area contributed by atoms with Gasteiger partial charge >= 0.3 is 0 Å². The summed E-state index contributed by atoms with van der Waals surface area (Å²) in [6.07, 6.45) is 0.891. The third-order valence-electron chi connectivity index (χ3n) is 1.59. The summed E-state index contributed by atoms with van der Waals surface area (Å²) >= 11 is 0. The molecule has 0 aliphatic rings. The number of carbonyl (C=O) groups excluding carboxylic acids is 1. The van der Waals surface area contributed by atoms with Crippen LogP contribution in [0.2, 0.25) is 0 Å². The highest BCUT2D eigenvalue weighted by atomic mass is 16.4. The Balaban J connectivity index is 3.03. The molecule has 0 radical (unpaired) electrons. The van der Waals surface area contributed by atoms with Gasteiger partial charge in [0.2, 0.25) is 5.78 Å². The average molecular weight is 163 g/mol. The van der Waals surface area contributed by atoms with Crippen LogP contribution >= 0.6 is 0 Å². The number of nitrogens with zero attached hydrogens (tertiary/aromatic N) is 1. The van der Waals surface area contributed by atoms with E-state index in [1.807, 2.05) is 19.1 Å². The van der Waals surface area contributed by atoms with Crippen LogP contribution in [0.3, 0.4) is 0 Å². The number of Topliss-reactive ketones (excluding diaryl/α,β-unsaturated/α-hetero) is 1. The monoisotopic (exact) mass is 163 g/mol. The van der Waals surface area contributed by atoms with Crippen LogP contribution in [0.4, 0.5) is 0 Å². The zero-order valence-electron chi connectivity index (χ0n) is 6.69. The van der Waals surface area contributed by atoms with E-state index < -0.39 is 0 Å². The van der Waals surface area contributed by atoms with E-state index in [4.69, 9.17) is 5.21 Å². The van der Waals surface area contributed by atoms with Crippen LogP contribution in [0, 0.1) is 6.92 Å². The Labute approximate surface area is 70.3 Å². The van der Waals surface area contributed by atoms with E-state index in [0.717, 1.165) is 11.8 Å². The Morgan fingerprint density at radius 1 is 1.50 bits per heavy atom. The highest BCUT2D eigenvalue weighted by Crippen LogP contribution is 2.06. The lowest BCUT2D eigenvalue weighted by molar-refractivity contribution is 0.106. The third-order valence-corrected chi connectivity index (χ3v) is 1.59. The smallest absolute Gasteiger partial charge is 0.207 e. The van der Waals surface area contributed by atoms with Gasteiger partial charge in [-0.2, -0.15) is 0 Å². The summed E-state index contributed by atoms with van der Waals surface area (Å²) in [7, 11) is 0. The van der Waals surface area contributed by atoms with Gasteiger partial charge in [-0.15, -0.1) is 0 Å². The summed E-state index contributed by atoms with van der Waals surface area (Å²) < 4.78 is 0. The molecule has 0 heterocycles. The first kappa shape index (κ1) is 8.46. The van der Waals surface area contributed by atoms with Crippen LogP contribution in [-0.4, -0.2) is 17.2 Å². The third kappa shape index (κ3) is 1.69. The molecule has 1 N–H and O–H groups in total. The maximum Gasteiger partial charge on any atom is 0.207 e. The van der Waals surface area contributed by atoms with Crippen molar-refractivity contribution < 1.29 is 10.0 Å². The predicted octanol–water partition coefficient (Wildman–Crippen LogP) is 1.64. The molecule has 0 unspecified atom stereocenters. The van der Waals surface area contributed by atoms with Gasteiger partial charge in [0.25, 0.3) is 0 Å². The van der Waals surface area contributed by atoms with Crippen molar-refractivity contribution in [3.63, 3.8) is 0 Å². The van der Waals surface area contributed by atoms with Crippen LogP contribution in [0.25, 0.3) is 0 Å². The number of benzene rings is 1. The fourth-order valence-electron chi connectivity index (χ4n) is 0.971. The van der Waals surface area contributed by atoms with Crippen molar-refractivity contribution >= 4 is 12.0 Å². The fraction of sp³-hybridized carbons (Fsp3) is 0.111. The molecule has 0 aliphatic heterocycles. The van der Waals surface area contributed by atoms with E-state index in [2.05, 4.69) is 5.16 Å². The maximum absolute atomic E-state index is 11.2. The summed E-state index contributed by atoms with van der Waals surface area (Å²) in [6, 6.07) is 7.14. The van der Waals surface area contributed by atoms with Crippen molar-refractivity contribution in [1.82, 2.24) is 0 Å².